The molecule has 1 N–H and O–H groups in total. The van der Waals surface area contributed by atoms with E-state index in [-0.39, 0.29) is 0 Å². The van der Waals surface area contributed by atoms with Crippen molar-refractivity contribution in [1.82, 2.24) is 5.43 Å². The molecule has 2 aliphatic rings. The molecule has 2 saturated carbocycles. The number of fused-ring (bicyclic) bond motifs is 1. The minimum atomic E-state index is 0.604. The summed E-state index contributed by atoms with van der Waals surface area (Å²) < 4.78 is 0. The largest absolute Gasteiger partial charge is 0.277 e. The third-order valence-electron chi connectivity index (χ3n) is 4.42. The first-order valence-electron chi connectivity index (χ1n) is 6.54. The second-order valence-electron chi connectivity index (χ2n) is 5.31. The molecule has 0 radical (unpaired) electrons. The monoisotopic (exact) mass is 222 g/mol. The summed E-state index contributed by atoms with van der Waals surface area (Å²) in [5, 5.41) is 4.10. The van der Waals surface area contributed by atoms with Crippen molar-refractivity contribution in [2.75, 3.05) is 0 Å². The quantitative estimate of drug-likeness (QED) is 0.445. The van der Waals surface area contributed by atoms with E-state index >= 15 is 0 Å². The van der Waals surface area contributed by atoms with E-state index in [2.05, 4.69) is 10.5 Å². The highest BCUT2D eigenvalue weighted by molar-refractivity contribution is 5.84. The topological polar surface area (TPSA) is 41.5 Å². The number of rotatable bonds is 3. The molecule has 0 aromatic rings. The maximum absolute atomic E-state index is 10.2. The lowest BCUT2D eigenvalue weighted by Crippen LogP contribution is -2.31. The van der Waals surface area contributed by atoms with Gasteiger partial charge in [-0.25, -0.2) is 5.43 Å². The first kappa shape index (κ1) is 11.6. The van der Waals surface area contributed by atoms with E-state index in [1.807, 2.05) is 6.92 Å². The summed E-state index contributed by atoms with van der Waals surface area (Å²) >= 11 is 0. The van der Waals surface area contributed by atoms with Gasteiger partial charge in [0.15, 0.2) is 0 Å². The van der Waals surface area contributed by atoms with Crippen molar-refractivity contribution >= 4 is 12.1 Å². The summed E-state index contributed by atoms with van der Waals surface area (Å²) in [6.45, 7) is 2.05. The van der Waals surface area contributed by atoms with Gasteiger partial charge >= 0.3 is 0 Å². The van der Waals surface area contributed by atoms with Crippen molar-refractivity contribution in [2.24, 2.45) is 22.9 Å². The normalized spacial score (nSPS) is 35.3. The Morgan fingerprint density at radius 3 is 2.69 bits per heavy atom. The molecule has 90 valence electrons. The van der Waals surface area contributed by atoms with Crippen LogP contribution < -0.4 is 5.43 Å². The SMILES string of the molecule is C/C(=N\NC=O)C1CCC2CCCCC2C1. The Kier molecular flexibility index (Phi) is 3.97. The van der Waals surface area contributed by atoms with Crippen molar-refractivity contribution in [3.05, 3.63) is 0 Å². The molecule has 2 fully saturated rings. The zero-order valence-corrected chi connectivity index (χ0v) is 10.1. The molecule has 1 amide bonds. The standard InChI is InChI=1S/C13H22N2O/c1-10(15-14-9-16)12-7-6-11-4-2-3-5-13(11)8-12/h9,11-13H,2-8H2,1H3,(H,14,16)/b15-10+. The van der Waals surface area contributed by atoms with Crippen LogP contribution in [0.1, 0.15) is 51.9 Å². The van der Waals surface area contributed by atoms with Gasteiger partial charge in [0, 0.05) is 5.71 Å². The van der Waals surface area contributed by atoms with Crippen LogP contribution in [0.25, 0.3) is 0 Å². The predicted molar refractivity (Wildman–Crippen MR) is 65.1 cm³/mol. The first-order chi connectivity index (χ1) is 7.81. The Morgan fingerprint density at radius 1 is 1.19 bits per heavy atom. The number of amides is 1. The first-order valence-corrected chi connectivity index (χ1v) is 6.54. The van der Waals surface area contributed by atoms with Gasteiger partial charge in [0.25, 0.3) is 0 Å². The average molecular weight is 222 g/mol. The molecule has 0 saturated heterocycles. The molecule has 16 heavy (non-hydrogen) atoms. The van der Waals surface area contributed by atoms with Crippen molar-refractivity contribution in [3.8, 4) is 0 Å². The third-order valence-corrected chi connectivity index (χ3v) is 4.42. The van der Waals surface area contributed by atoms with E-state index in [1.165, 1.54) is 44.9 Å². The lowest BCUT2D eigenvalue weighted by Gasteiger charge is -2.39. The van der Waals surface area contributed by atoms with Crippen LogP contribution in [0.15, 0.2) is 5.10 Å². The maximum atomic E-state index is 10.2. The van der Waals surface area contributed by atoms with Gasteiger partial charge in [0.05, 0.1) is 0 Å². The van der Waals surface area contributed by atoms with Crippen molar-refractivity contribution < 1.29 is 4.79 Å². The van der Waals surface area contributed by atoms with E-state index in [0.29, 0.717) is 12.3 Å². The number of nitrogens with zero attached hydrogens (tertiary/aromatic N) is 1. The number of hydrogen-bond acceptors (Lipinski definition) is 2. The van der Waals surface area contributed by atoms with E-state index in [4.69, 9.17) is 0 Å². The summed E-state index contributed by atoms with van der Waals surface area (Å²) in [7, 11) is 0. The molecule has 0 spiro atoms. The summed E-state index contributed by atoms with van der Waals surface area (Å²) in [5.74, 6) is 2.51. The number of carbonyl (C=O) groups excluding carboxylic acids is 1. The van der Waals surface area contributed by atoms with E-state index in [1.54, 1.807) is 0 Å². The predicted octanol–water partition coefficient (Wildman–Crippen LogP) is 2.71. The summed E-state index contributed by atoms with van der Waals surface area (Å²) in [5.41, 5.74) is 3.53. The second-order valence-corrected chi connectivity index (χ2v) is 5.31. The number of hydrazone groups is 1. The zero-order valence-electron chi connectivity index (χ0n) is 10.1. The molecule has 2 aliphatic carbocycles. The Hall–Kier alpha value is -0.860. The van der Waals surface area contributed by atoms with Crippen LogP contribution >= 0.6 is 0 Å². The highest BCUT2D eigenvalue weighted by atomic mass is 16.1. The minimum absolute atomic E-state index is 0.604. The Morgan fingerprint density at radius 2 is 1.94 bits per heavy atom. The summed E-state index contributed by atoms with van der Waals surface area (Å²) in [6.07, 6.45) is 10.3. The second kappa shape index (κ2) is 5.46. The molecule has 3 nitrogen and oxygen atoms in total. The summed E-state index contributed by atoms with van der Waals surface area (Å²) in [6, 6.07) is 0. The lowest BCUT2D eigenvalue weighted by atomic mass is 9.67. The molecule has 3 atom stereocenters. The summed E-state index contributed by atoms with van der Waals surface area (Å²) in [4.78, 5) is 10.2. The molecule has 0 aliphatic heterocycles. The van der Waals surface area contributed by atoms with Gasteiger partial charge in [-0.15, -0.1) is 0 Å². The Bertz CT molecular complexity index is 275. The number of nitrogens with one attached hydrogen (secondary N) is 1. The fraction of sp³-hybridized carbons (Fsp3) is 0.846. The molecule has 0 heterocycles. The van der Waals surface area contributed by atoms with Crippen LogP contribution in [0.5, 0.6) is 0 Å². The lowest BCUT2D eigenvalue weighted by molar-refractivity contribution is -0.109. The molecule has 0 bridgehead atoms. The van der Waals surface area contributed by atoms with E-state index in [0.717, 1.165) is 17.5 Å². The fourth-order valence-electron chi connectivity index (χ4n) is 3.47. The molecule has 2 rings (SSSR count). The number of carbonyl (C=O) groups is 1. The molecule has 0 aromatic carbocycles. The van der Waals surface area contributed by atoms with Gasteiger partial charge in [0.2, 0.25) is 6.41 Å². The molecular formula is C13H22N2O. The molecular weight excluding hydrogens is 200 g/mol. The zero-order chi connectivity index (χ0) is 11.4. The van der Waals surface area contributed by atoms with Crippen LogP contribution in [0.4, 0.5) is 0 Å². The highest BCUT2D eigenvalue weighted by Crippen LogP contribution is 2.42. The van der Waals surface area contributed by atoms with Gasteiger partial charge in [-0.1, -0.05) is 25.7 Å². The Balaban J connectivity index is 1.91. The Labute approximate surface area is 97.7 Å². The van der Waals surface area contributed by atoms with Gasteiger partial charge in [-0.05, 0) is 43.9 Å². The average Bonchev–Trinajstić information content (AvgIpc) is 2.35. The van der Waals surface area contributed by atoms with Gasteiger partial charge in [0.1, 0.15) is 0 Å². The van der Waals surface area contributed by atoms with Gasteiger partial charge in [-0.3, -0.25) is 4.79 Å². The fourth-order valence-corrected chi connectivity index (χ4v) is 3.47. The third kappa shape index (κ3) is 2.63. The van der Waals surface area contributed by atoms with Crippen LogP contribution in [-0.4, -0.2) is 12.1 Å². The van der Waals surface area contributed by atoms with E-state index < -0.39 is 0 Å². The van der Waals surface area contributed by atoms with Gasteiger partial charge < -0.3 is 0 Å². The van der Waals surface area contributed by atoms with Crippen molar-refractivity contribution in [3.63, 3.8) is 0 Å². The van der Waals surface area contributed by atoms with E-state index in [9.17, 15) is 4.79 Å². The molecule has 3 unspecified atom stereocenters. The molecule has 0 aromatic heterocycles. The van der Waals surface area contributed by atoms with Crippen LogP contribution in [0.3, 0.4) is 0 Å². The smallest absolute Gasteiger partial charge is 0.227 e. The number of hydrogen-bond donors (Lipinski definition) is 1. The van der Waals surface area contributed by atoms with Crippen LogP contribution in [0.2, 0.25) is 0 Å². The highest BCUT2D eigenvalue weighted by Gasteiger charge is 2.32. The minimum Gasteiger partial charge on any atom is -0.277 e. The van der Waals surface area contributed by atoms with Crippen molar-refractivity contribution in [2.45, 2.75) is 51.9 Å². The van der Waals surface area contributed by atoms with Crippen LogP contribution in [-0.2, 0) is 4.79 Å². The van der Waals surface area contributed by atoms with Gasteiger partial charge in [-0.2, -0.15) is 5.10 Å². The molecule has 3 heteroatoms. The van der Waals surface area contributed by atoms with Crippen LogP contribution in [0, 0.1) is 17.8 Å². The van der Waals surface area contributed by atoms with Crippen molar-refractivity contribution in [1.29, 1.82) is 0 Å². The maximum Gasteiger partial charge on any atom is 0.227 e.